The highest BCUT2D eigenvalue weighted by atomic mass is 32.5. The minimum atomic E-state index is -9.45. The van der Waals surface area contributed by atoms with Crippen molar-refractivity contribution in [2.24, 2.45) is 5.73 Å². The van der Waals surface area contributed by atoms with Gasteiger partial charge in [-0.05, 0) is 54.7 Å². The van der Waals surface area contributed by atoms with Gasteiger partial charge in [0.05, 0.1) is 11.6 Å². The molecule has 0 radical (unpaired) electrons. The molecule has 182 valence electrons. The lowest BCUT2D eigenvalue weighted by atomic mass is 9.87. The van der Waals surface area contributed by atoms with Gasteiger partial charge in [0.2, 0.25) is 5.91 Å². The van der Waals surface area contributed by atoms with Gasteiger partial charge in [-0.25, -0.2) is 0 Å². The van der Waals surface area contributed by atoms with Gasteiger partial charge in [0.25, 0.3) is 0 Å². The predicted molar refractivity (Wildman–Crippen MR) is 123 cm³/mol. The fraction of sp³-hybridized carbons (Fsp3) is 0.304. The summed E-state index contributed by atoms with van der Waals surface area (Å²) in [6, 6.07) is 10.2. The van der Waals surface area contributed by atoms with Crippen molar-refractivity contribution in [2.75, 3.05) is 6.54 Å². The molecular formula is C23H28F5N3OS. The Balaban J connectivity index is 0.000000361. The van der Waals surface area contributed by atoms with Gasteiger partial charge >= 0.3 is 10.2 Å². The van der Waals surface area contributed by atoms with Gasteiger partial charge in [0.1, 0.15) is 4.90 Å². The summed E-state index contributed by atoms with van der Waals surface area (Å²) in [7, 11) is -9.45. The van der Waals surface area contributed by atoms with Crippen molar-refractivity contribution in [3.63, 3.8) is 0 Å². The highest BCUT2D eigenvalue weighted by Gasteiger charge is 2.65. The Kier molecular flexibility index (Phi) is 8.47. The third-order valence-corrected chi connectivity index (χ3v) is 6.09. The van der Waals surface area contributed by atoms with E-state index in [-0.39, 0.29) is 12.5 Å². The zero-order chi connectivity index (χ0) is 25.5. The fourth-order valence-corrected chi connectivity index (χ4v) is 3.57. The molecule has 0 aliphatic carbocycles. The Bertz CT molecular complexity index is 1030. The fourth-order valence-electron chi connectivity index (χ4n) is 2.92. The highest BCUT2D eigenvalue weighted by molar-refractivity contribution is 8.45. The molecule has 0 bridgehead atoms. The van der Waals surface area contributed by atoms with Crippen LogP contribution in [0.5, 0.6) is 0 Å². The van der Waals surface area contributed by atoms with E-state index in [4.69, 9.17) is 5.73 Å². The van der Waals surface area contributed by atoms with Crippen LogP contribution in [0, 0.1) is 18.3 Å². The lowest BCUT2D eigenvalue weighted by molar-refractivity contribution is -0.116. The molecule has 0 fully saturated rings. The number of rotatable bonds is 7. The minimum absolute atomic E-state index is 0.264. The molecule has 4 nitrogen and oxygen atoms in total. The smallest absolute Gasteiger partial charge is 0.310 e. The molecule has 2 rings (SSSR count). The van der Waals surface area contributed by atoms with Crippen molar-refractivity contribution in [3.05, 3.63) is 77.4 Å². The van der Waals surface area contributed by atoms with Gasteiger partial charge in [0.15, 0.2) is 0 Å². The number of nitrogens with zero attached hydrogens (tertiary/aromatic N) is 1. The Morgan fingerprint density at radius 3 is 2.21 bits per heavy atom. The van der Waals surface area contributed by atoms with Crippen LogP contribution in [0.25, 0.3) is 0 Å². The second-order valence-corrected chi connectivity index (χ2v) is 9.98. The molecule has 0 saturated heterocycles. The molecule has 2 aromatic rings. The normalized spacial score (nSPS) is 14.9. The summed E-state index contributed by atoms with van der Waals surface area (Å²) in [6.07, 6.45) is 2.17. The number of nitrogens with two attached hydrogens (primary N) is 1. The standard InChI is InChI=1S/C16H21N3O.C7H7F5S/c1-4-11(3)13-8-6-7-12(9-17)16(13)14(18)10-19-15(20)5-2;1-6-2-4-7(5-3-6)13(8,9,10,11)12/h5-8,11,14H,2,4,10,18H2,1,3H3,(H,19,20);2-5H,1H3. The number of aryl methyl sites for hydroxylation is 1. The maximum Gasteiger partial charge on any atom is 0.310 e. The number of benzene rings is 2. The Labute approximate surface area is 191 Å². The number of nitriles is 1. The molecule has 3 N–H and O–H groups in total. The molecule has 2 aromatic carbocycles. The van der Waals surface area contributed by atoms with Crippen molar-refractivity contribution < 1.29 is 24.2 Å². The molecular weight excluding hydrogens is 461 g/mol. The lowest BCUT2D eigenvalue weighted by Crippen LogP contribution is -2.31. The van der Waals surface area contributed by atoms with E-state index in [1.165, 1.54) is 13.0 Å². The number of nitrogens with one attached hydrogen (secondary N) is 1. The molecule has 0 saturated carbocycles. The Hall–Kier alpha value is -2.90. The second kappa shape index (κ2) is 9.93. The Morgan fingerprint density at radius 2 is 1.76 bits per heavy atom. The first kappa shape index (κ1) is 28.1. The van der Waals surface area contributed by atoms with Crippen LogP contribution < -0.4 is 11.1 Å². The minimum Gasteiger partial charge on any atom is -0.351 e. The van der Waals surface area contributed by atoms with E-state index in [0.29, 0.717) is 29.2 Å². The predicted octanol–water partition coefficient (Wildman–Crippen LogP) is 7.03. The first-order valence-electron chi connectivity index (χ1n) is 10.0. The molecule has 0 spiro atoms. The molecule has 2 atom stereocenters. The molecule has 10 heteroatoms. The average Bonchev–Trinajstić information content (AvgIpc) is 2.75. The Morgan fingerprint density at radius 1 is 1.18 bits per heavy atom. The van der Waals surface area contributed by atoms with Crippen LogP contribution in [0.1, 0.15) is 54.5 Å². The van der Waals surface area contributed by atoms with Crippen LogP contribution in [0.15, 0.2) is 60.0 Å². The van der Waals surface area contributed by atoms with Crippen molar-refractivity contribution in [2.45, 2.75) is 44.0 Å². The van der Waals surface area contributed by atoms with E-state index in [2.05, 4.69) is 31.8 Å². The number of halogens is 5. The average molecular weight is 490 g/mol. The second-order valence-electron chi connectivity index (χ2n) is 7.57. The van der Waals surface area contributed by atoms with E-state index in [1.807, 2.05) is 12.1 Å². The SMILES string of the molecule is C=CC(=O)NCC(N)c1c(C#N)cccc1C(C)CC.Cc1ccc(S(F)(F)(F)(F)F)cc1. The molecule has 1 amide bonds. The maximum atomic E-state index is 12.1. The monoisotopic (exact) mass is 489 g/mol. The van der Waals surface area contributed by atoms with Crippen molar-refractivity contribution >= 4 is 16.1 Å². The van der Waals surface area contributed by atoms with E-state index in [0.717, 1.165) is 29.7 Å². The van der Waals surface area contributed by atoms with Crippen LogP contribution in [0.3, 0.4) is 0 Å². The quantitative estimate of drug-likeness (QED) is 0.324. The topological polar surface area (TPSA) is 78.9 Å². The van der Waals surface area contributed by atoms with E-state index < -0.39 is 21.2 Å². The first-order valence-corrected chi connectivity index (χ1v) is 12.0. The summed E-state index contributed by atoms with van der Waals surface area (Å²) in [4.78, 5) is 9.39. The summed E-state index contributed by atoms with van der Waals surface area (Å²) in [5, 5.41) is 11.9. The molecule has 0 heterocycles. The third kappa shape index (κ3) is 8.51. The van der Waals surface area contributed by atoms with Crippen molar-refractivity contribution in [3.8, 4) is 6.07 Å². The van der Waals surface area contributed by atoms with Gasteiger partial charge < -0.3 is 11.1 Å². The summed E-state index contributed by atoms with van der Waals surface area (Å²) in [5.41, 5.74) is 9.15. The van der Waals surface area contributed by atoms with Gasteiger partial charge in [0, 0.05) is 12.6 Å². The summed E-state index contributed by atoms with van der Waals surface area (Å²) in [5.74, 6) is 0.0550. The molecule has 33 heavy (non-hydrogen) atoms. The van der Waals surface area contributed by atoms with E-state index >= 15 is 0 Å². The van der Waals surface area contributed by atoms with Crippen LogP contribution >= 0.6 is 10.2 Å². The third-order valence-electron chi connectivity index (χ3n) is 4.92. The van der Waals surface area contributed by atoms with Crippen molar-refractivity contribution in [1.29, 1.82) is 5.26 Å². The molecule has 0 aliphatic heterocycles. The zero-order valence-corrected chi connectivity index (χ0v) is 19.4. The number of amides is 1. The zero-order valence-electron chi connectivity index (χ0n) is 18.6. The largest absolute Gasteiger partial charge is 0.351 e. The molecule has 0 aliphatic rings. The number of hydrogen-bond acceptors (Lipinski definition) is 3. The first-order chi connectivity index (χ1) is 15.0. The van der Waals surface area contributed by atoms with Crippen molar-refractivity contribution in [1.82, 2.24) is 5.32 Å². The number of carbonyl (C=O) groups is 1. The summed E-state index contributed by atoms with van der Waals surface area (Å²) >= 11 is 0. The maximum absolute atomic E-state index is 12.1. The van der Waals surface area contributed by atoms with Gasteiger partial charge in [-0.15, -0.1) is 0 Å². The summed E-state index contributed by atoms with van der Waals surface area (Å²) in [6.45, 7) is 9.41. The highest BCUT2D eigenvalue weighted by Crippen LogP contribution is 3.02. The number of carbonyl (C=O) groups excluding carboxylic acids is 1. The summed E-state index contributed by atoms with van der Waals surface area (Å²) < 4.78 is 60.4. The van der Waals surface area contributed by atoms with E-state index in [1.54, 1.807) is 6.07 Å². The lowest BCUT2D eigenvalue weighted by Gasteiger charge is -2.40. The molecule has 0 aromatic heterocycles. The van der Waals surface area contributed by atoms with Crippen LogP contribution in [-0.2, 0) is 4.79 Å². The van der Waals surface area contributed by atoms with Crippen LogP contribution in [0.2, 0.25) is 0 Å². The number of hydrogen-bond donors (Lipinski definition) is 2. The van der Waals surface area contributed by atoms with E-state index in [9.17, 15) is 29.5 Å². The van der Waals surface area contributed by atoms with Gasteiger partial charge in [-0.3, -0.25) is 4.79 Å². The van der Waals surface area contributed by atoms with Gasteiger partial charge in [-0.1, -0.05) is 69.7 Å². The van der Waals surface area contributed by atoms with Crippen LogP contribution in [0.4, 0.5) is 19.4 Å². The molecule has 2 unspecified atom stereocenters. The van der Waals surface area contributed by atoms with Gasteiger partial charge in [-0.2, -0.15) is 5.26 Å². The van der Waals surface area contributed by atoms with Crippen LogP contribution in [-0.4, -0.2) is 12.5 Å².